The summed E-state index contributed by atoms with van der Waals surface area (Å²) in [6.07, 6.45) is 0.743. The molecule has 0 radical (unpaired) electrons. The molecule has 1 aromatic carbocycles. The SMILES string of the molecule is CCc1nnc2ccc(N(C)Cc3ccc(OC(F)F)cc3)nn12. The van der Waals surface area contributed by atoms with Gasteiger partial charge < -0.3 is 9.64 Å². The second kappa shape index (κ2) is 6.77. The molecule has 3 aromatic rings. The summed E-state index contributed by atoms with van der Waals surface area (Å²) in [5.74, 6) is 1.71. The number of halogens is 2. The zero-order valence-electron chi connectivity index (χ0n) is 13.4. The lowest BCUT2D eigenvalue weighted by molar-refractivity contribution is -0.0498. The van der Waals surface area contributed by atoms with Gasteiger partial charge in [0.15, 0.2) is 11.5 Å². The number of hydrogen-bond acceptors (Lipinski definition) is 5. The average molecular weight is 333 g/mol. The molecule has 2 heterocycles. The number of nitrogens with zero attached hydrogens (tertiary/aromatic N) is 5. The van der Waals surface area contributed by atoms with E-state index >= 15 is 0 Å². The second-order valence-electron chi connectivity index (χ2n) is 5.31. The maximum atomic E-state index is 12.2. The molecule has 0 fully saturated rings. The molecule has 0 saturated carbocycles. The van der Waals surface area contributed by atoms with Crippen LogP contribution >= 0.6 is 0 Å². The predicted octanol–water partition coefficient (Wildman–Crippen LogP) is 2.92. The molecular weight excluding hydrogens is 316 g/mol. The Morgan fingerprint density at radius 1 is 1.12 bits per heavy atom. The number of alkyl halides is 2. The molecular formula is C16H17F2N5O. The molecule has 3 rings (SSSR count). The van der Waals surface area contributed by atoms with E-state index in [1.807, 2.05) is 31.0 Å². The number of ether oxygens (including phenoxy) is 1. The van der Waals surface area contributed by atoms with Crippen molar-refractivity contribution in [3.05, 3.63) is 47.8 Å². The summed E-state index contributed by atoms with van der Waals surface area (Å²) in [5.41, 5.74) is 1.66. The third kappa shape index (κ3) is 3.42. The molecule has 0 saturated heterocycles. The normalized spacial score (nSPS) is 11.2. The number of rotatable bonds is 6. The van der Waals surface area contributed by atoms with Gasteiger partial charge in [-0.15, -0.1) is 15.3 Å². The number of aromatic nitrogens is 4. The molecule has 0 amide bonds. The third-order valence-electron chi connectivity index (χ3n) is 3.59. The van der Waals surface area contributed by atoms with Crippen molar-refractivity contribution in [3.63, 3.8) is 0 Å². The van der Waals surface area contributed by atoms with Crippen molar-refractivity contribution in [3.8, 4) is 5.75 Å². The lowest BCUT2D eigenvalue weighted by atomic mass is 10.2. The van der Waals surface area contributed by atoms with E-state index in [1.165, 1.54) is 12.1 Å². The summed E-state index contributed by atoms with van der Waals surface area (Å²) >= 11 is 0. The average Bonchev–Trinajstić information content (AvgIpc) is 2.98. The van der Waals surface area contributed by atoms with Crippen molar-refractivity contribution >= 4 is 11.5 Å². The van der Waals surface area contributed by atoms with Gasteiger partial charge in [-0.1, -0.05) is 19.1 Å². The molecule has 0 aliphatic carbocycles. The highest BCUT2D eigenvalue weighted by molar-refractivity contribution is 5.46. The Morgan fingerprint density at radius 3 is 2.54 bits per heavy atom. The topological polar surface area (TPSA) is 55.5 Å². The Bertz CT molecular complexity index is 819. The molecule has 0 bridgehead atoms. The number of hydrogen-bond donors (Lipinski definition) is 0. The summed E-state index contributed by atoms with van der Waals surface area (Å²) in [5, 5.41) is 12.7. The second-order valence-corrected chi connectivity index (χ2v) is 5.31. The van der Waals surface area contributed by atoms with E-state index in [-0.39, 0.29) is 5.75 Å². The first kappa shape index (κ1) is 16.1. The van der Waals surface area contributed by atoms with E-state index in [0.29, 0.717) is 12.2 Å². The molecule has 0 unspecified atom stereocenters. The smallest absolute Gasteiger partial charge is 0.387 e. The molecule has 126 valence electrons. The van der Waals surface area contributed by atoms with E-state index in [1.54, 1.807) is 16.6 Å². The van der Waals surface area contributed by atoms with Gasteiger partial charge in [0.25, 0.3) is 0 Å². The van der Waals surface area contributed by atoms with Crippen LogP contribution < -0.4 is 9.64 Å². The summed E-state index contributed by atoms with van der Waals surface area (Å²) in [6, 6.07) is 10.3. The standard InChI is InChI=1S/C16H17F2N5O/c1-3-13-19-20-14-8-9-15(21-23(13)14)22(2)10-11-4-6-12(7-5-11)24-16(17)18/h4-9,16H,3,10H2,1-2H3. The van der Waals surface area contributed by atoms with Gasteiger partial charge in [-0.2, -0.15) is 13.3 Å². The fourth-order valence-corrected chi connectivity index (χ4v) is 2.38. The van der Waals surface area contributed by atoms with Gasteiger partial charge in [-0.25, -0.2) is 0 Å². The van der Waals surface area contributed by atoms with Crippen molar-refractivity contribution < 1.29 is 13.5 Å². The van der Waals surface area contributed by atoms with Crippen LogP contribution in [0.2, 0.25) is 0 Å². The molecule has 6 nitrogen and oxygen atoms in total. The van der Waals surface area contributed by atoms with Crippen molar-refractivity contribution in [2.24, 2.45) is 0 Å². The summed E-state index contributed by atoms with van der Waals surface area (Å²) < 4.78 is 30.4. The fourth-order valence-electron chi connectivity index (χ4n) is 2.38. The minimum atomic E-state index is -2.81. The number of anilines is 1. The third-order valence-corrected chi connectivity index (χ3v) is 3.59. The van der Waals surface area contributed by atoms with Crippen LogP contribution in [-0.4, -0.2) is 33.5 Å². The first-order chi connectivity index (χ1) is 11.6. The van der Waals surface area contributed by atoms with Crippen LogP contribution in [0, 0.1) is 0 Å². The fraction of sp³-hybridized carbons (Fsp3) is 0.312. The zero-order chi connectivity index (χ0) is 17.1. The van der Waals surface area contributed by atoms with Gasteiger partial charge in [0.1, 0.15) is 11.6 Å². The van der Waals surface area contributed by atoms with Crippen LogP contribution in [0.4, 0.5) is 14.6 Å². The van der Waals surface area contributed by atoms with Crippen molar-refractivity contribution in [2.75, 3.05) is 11.9 Å². The first-order valence-corrected chi connectivity index (χ1v) is 7.53. The number of fused-ring (bicyclic) bond motifs is 1. The van der Waals surface area contributed by atoms with Gasteiger partial charge in [-0.05, 0) is 29.8 Å². The van der Waals surface area contributed by atoms with Crippen molar-refractivity contribution in [1.82, 2.24) is 19.8 Å². The van der Waals surface area contributed by atoms with Crippen LogP contribution in [0.25, 0.3) is 5.65 Å². The molecule has 24 heavy (non-hydrogen) atoms. The van der Waals surface area contributed by atoms with Crippen molar-refractivity contribution in [2.45, 2.75) is 26.5 Å². The Kier molecular flexibility index (Phi) is 4.54. The van der Waals surface area contributed by atoms with E-state index in [4.69, 9.17) is 0 Å². The predicted molar refractivity (Wildman–Crippen MR) is 85.3 cm³/mol. The Hall–Kier alpha value is -2.77. The van der Waals surface area contributed by atoms with E-state index < -0.39 is 6.61 Å². The minimum Gasteiger partial charge on any atom is -0.435 e. The molecule has 0 atom stereocenters. The maximum Gasteiger partial charge on any atom is 0.387 e. The maximum absolute atomic E-state index is 12.2. The quantitative estimate of drug-likeness (QED) is 0.694. The minimum absolute atomic E-state index is 0.146. The summed E-state index contributed by atoms with van der Waals surface area (Å²) in [4.78, 5) is 1.96. The Morgan fingerprint density at radius 2 is 1.88 bits per heavy atom. The highest BCUT2D eigenvalue weighted by Gasteiger charge is 2.10. The molecule has 2 aromatic heterocycles. The molecule has 8 heteroatoms. The highest BCUT2D eigenvalue weighted by atomic mass is 19.3. The molecule has 0 N–H and O–H groups in total. The van der Waals surface area contributed by atoms with E-state index in [2.05, 4.69) is 20.0 Å². The molecule has 0 aliphatic rings. The van der Waals surface area contributed by atoms with Crippen LogP contribution in [0.5, 0.6) is 5.75 Å². The van der Waals surface area contributed by atoms with E-state index in [0.717, 1.165) is 23.6 Å². The number of benzene rings is 1. The zero-order valence-corrected chi connectivity index (χ0v) is 13.4. The summed E-state index contributed by atoms with van der Waals surface area (Å²) in [7, 11) is 1.91. The van der Waals surface area contributed by atoms with Crippen LogP contribution in [0.3, 0.4) is 0 Å². The van der Waals surface area contributed by atoms with Gasteiger partial charge in [-0.3, -0.25) is 0 Å². The first-order valence-electron chi connectivity index (χ1n) is 7.53. The largest absolute Gasteiger partial charge is 0.435 e. The van der Waals surface area contributed by atoms with Gasteiger partial charge >= 0.3 is 6.61 Å². The van der Waals surface area contributed by atoms with Crippen LogP contribution in [0.15, 0.2) is 36.4 Å². The lowest BCUT2D eigenvalue weighted by Crippen LogP contribution is -2.19. The highest BCUT2D eigenvalue weighted by Crippen LogP contribution is 2.18. The van der Waals surface area contributed by atoms with Gasteiger partial charge in [0.05, 0.1) is 0 Å². The molecule has 0 aliphatic heterocycles. The van der Waals surface area contributed by atoms with Crippen molar-refractivity contribution in [1.29, 1.82) is 0 Å². The number of aryl methyl sites for hydroxylation is 1. The Balaban J connectivity index is 1.75. The van der Waals surface area contributed by atoms with E-state index in [9.17, 15) is 8.78 Å². The molecule has 0 spiro atoms. The van der Waals surface area contributed by atoms with Crippen LogP contribution in [-0.2, 0) is 13.0 Å². The lowest BCUT2D eigenvalue weighted by Gasteiger charge is -2.18. The van der Waals surface area contributed by atoms with Gasteiger partial charge in [0.2, 0.25) is 0 Å². The Labute approximate surface area is 137 Å². The monoisotopic (exact) mass is 333 g/mol. The summed E-state index contributed by atoms with van der Waals surface area (Å²) in [6.45, 7) is -0.236. The van der Waals surface area contributed by atoms with Gasteiger partial charge in [0, 0.05) is 20.0 Å². The van der Waals surface area contributed by atoms with Crippen LogP contribution in [0.1, 0.15) is 18.3 Å².